The zero-order valence-electron chi connectivity index (χ0n) is 42.9. The van der Waals surface area contributed by atoms with Gasteiger partial charge in [-0.25, -0.2) is 42.1 Å². The second kappa shape index (κ2) is 26.5. The van der Waals surface area contributed by atoms with Crippen LogP contribution >= 0.6 is 15.9 Å². The van der Waals surface area contributed by atoms with E-state index < -0.39 is 21.7 Å². The van der Waals surface area contributed by atoms with E-state index in [1.165, 1.54) is 30.6 Å². The van der Waals surface area contributed by atoms with Gasteiger partial charge in [0, 0.05) is 69.9 Å². The molecule has 0 unspecified atom stereocenters. The molecule has 22 heteroatoms. The fourth-order valence-electron chi connectivity index (χ4n) is 9.50. The molecule has 7 aromatic rings. The first-order chi connectivity index (χ1) is 37.9. The molecular weight excluding hydrogens is 1090 g/mol. The number of hydrogen-bond donors (Lipinski definition) is 3. The summed E-state index contributed by atoms with van der Waals surface area (Å²) in [5.74, 6) is 0.662. The highest BCUT2D eigenvalue weighted by Gasteiger charge is 2.29. The summed E-state index contributed by atoms with van der Waals surface area (Å²) < 4.78 is 68.7. The molecule has 2 amide bonds. The Bertz CT molecular complexity index is 3310. The number of primary amides is 1. The standard InChI is InChI=1S/C56H61BrFN11O8S/c57-46-35-61-49(65-48(46)34-40-7-4-11-47(58)51(40)55(60)71)33-38-13-19-45(20-14-38)78(72,73)64-23-28-74-29-30-75-31-32-76-42-21-26-67(27-22-42)24-6-12-50(70)68-25-5-8-41(36-68)69-56-52(54(59)62-37-63-56)53(66-69)39-15-17-44(18-16-39)77-43-9-2-1-3-10-43/h1-4,6-7,9-20,35,37,41-42,64H,5,8,21-34,36H2,(H2,60,71)(H2,59,62,63)/b12-6+/t41-/m1/s1. The quantitative estimate of drug-likeness (QED) is 0.0405. The zero-order valence-corrected chi connectivity index (χ0v) is 45.3. The molecule has 0 spiro atoms. The fraction of sp³-hybridized carbons (Fsp3) is 0.339. The molecule has 0 saturated carbocycles. The first-order valence-corrected chi connectivity index (χ1v) is 28.1. The van der Waals surface area contributed by atoms with Crippen LogP contribution in [-0.2, 0) is 41.9 Å². The molecule has 0 radical (unpaired) electrons. The molecular formula is C56H61BrFN11O8S. The number of ether oxygens (including phenoxy) is 4. The molecule has 408 valence electrons. The lowest BCUT2D eigenvalue weighted by Gasteiger charge is -2.32. The van der Waals surface area contributed by atoms with Crippen molar-refractivity contribution in [3.63, 3.8) is 0 Å². The number of carbonyl (C=O) groups is 2. The van der Waals surface area contributed by atoms with Crippen LogP contribution < -0.4 is 20.9 Å². The van der Waals surface area contributed by atoms with Gasteiger partial charge in [-0.3, -0.25) is 14.5 Å². The number of aromatic nitrogens is 6. The largest absolute Gasteiger partial charge is 0.457 e. The third-order valence-corrected chi connectivity index (χ3v) is 15.6. The number of anilines is 1. The minimum Gasteiger partial charge on any atom is -0.457 e. The van der Waals surface area contributed by atoms with Gasteiger partial charge in [-0.15, -0.1) is 0 Å². The van der Waals surface area contributed by atoms with Crippen LogP contribution in [0.25, 0.3) is 22.3 Å². The molecule has 19 nitrogen and oxygen atoms in total. The second-order valence-corrected chi connectivity index (χ2v) is 21.5. The maximum absolute atomic E-state index is 14.3. The molecule has 5 heterocycles. The number of nitrogens with zero attached hydrogens (tertiary/aromatic N) is 8. The first kappa shape index (κ1) is 55.7. The van der Waals surface area contributed by atoms with Crippen LogP contribution in [-0.4, -0.2) is 138 Å². The highest BCUT2D eigenvalue weighted by atomic mass is 79.9. The topological polar surface area (TPSA) is 245 Å². The number of halogens is 2. The number of hydrogen-bond acceptors (Lipinski definition) is 15. The van der Waals surface area contributed by atoms with Gasteiger partial charge in [0.25, 0.3) is 5.91 Å². The van der Waals surface area contributed by atoms with Crippen molar-refractivity contribution in [2.75, 3.05) is 78.0 Å². The van der Waals surface area contributed by atoms with Gasteiger partial charge < -0.3 is 35.3 Å². The van der Waals surface area contributed by atoms with E-state index >= 15 is 0 Å². The van der Waals surface area contributed by atoms with Gasteiger partial charge in [-0.2, -0.15) is 5.10 Å². The Morgan fingerprint density at radius 3 is 2.35 bits per heavy atom. The van der Waals surface area contributed by atoms with E-state index in [4.69, 9.17) is 35.5 Å². The predicted molar refractivity (Wildman–Crippen MR) is 295 cm³/mol. The molecule has 0 aliphatic carbocycles. The van der Waals surface area contributed by atoms with Gasteiger partial charge in [-0.1, -0.05) is 48.5 Å². The Kier molecular flexibility index (Phi) is 18.9. The number of carbonyl (C=O) groups excluding carboxylic acids is 2. The maximum atomic E-state index is 14.3. The van der Waals surface area contributed by atoms with Gasteiger partial charge in [0.2, 0.25) is 15.9 Å². The minimum absolute atomic E-state index is 0.0278. The fourth-order valence-corrected chi connectivity index (χ4v) is 10.8. The number of likely N-dealkylation sites (tertiary alicyclic amines) is 2. The smallest absolute Gasteiger partial charge is 0.251 e. The zero-order chi connectivity index (χ0) is 54.4. The maximum Gasteiger partial charge on any atom is 0.251 e. The number of para-hydroxylation sites is 1. The molecule has 78 heavy (non-hydrogen) atoms. The second-order valence-electron chi connectivity index (χ2n) is 18.9. The summed E-state index contributed by atoms with van der Waals surface area (Å²) in [5, 5.41) is 5.72. The Labute approximate surface area is 460 Å². The average Bonchev–Trinajstić information content (AvgIpc) is 4.07. The molecule has 2 aliphatic rings. The summed E-state index contributed by atoms with van der Waals surface area (Å²) in [7, 11) is -3.79. The van der Waals surface area contributed by atoms with Crippen LogP contribution in [0.3, 0.4) is 0 Å². The van der Waals surface area contributed by atoms with Crippen molar-refractivity contribution in [1.82, 2.24) is 44.2 Å². The molecule has 0 bridgehead atoms. The van der Waals surface area contributed by atoms with Crippen molar-refractivity contribution >= 4 is 54.6 Å². The highest BCUT2D eigenvalue weighted by Crippen LogP contribution is 2.35. The SMILES string of the molecule is NC(=O)c1c(F)cccc1Cc1nc(Cc2ccc(S(=O)(=O)NCCOCCOCCOC3CCN(C/C=C/C(=O)N4CCC[C@@H](n5nc(-c6ccc(Oc7ccccc7)cc6)c6c(N)ncnc65)C4)CC3)cc2)ncc1Br. The van der Waals surface area contributed by atoms with Gasteiger partial charge in [0.05, 0.1) is 71.2 Å². The Balaban J connectivity index is 0.628. The molecule has 9 rings (SSSR count). The Morgan fingerprint density at radius 1 is 0.833 bits per heavy atom. The van der Waals surface area contributed by atoms with Crippen LogP contribution in [0, 0.1) is 5.82 Å². The molecule has 2 aliphatic heterocycles. The van der Waals surface area contributed by atoms with E-state index in [2.05, 4.69) is 45.5 Å². The number of amides is 2. The number of nitrogens with one attached hydrogen (secondary N) is 1. The van der Waals surface area contributed by atoms with Crippen molar-refractivity contribution in [2.24, 2.45) is 5.73 Å². The number of sulfonamides is 1. The number of nitrogen functional groups attached to an aromatic ring is 1. The van der Waals surface area contributed by atoms with Crippen LogP contribution in [0.5, 0.6) is 11.5 Å². The van der Waals surface area contributed by atoms with Gasteiger partial charge in [0.15, 0.2) is 5.65 Å². The van der Waals surface area contributed by atoms with Crippen LogP contribution in [0.4, 0.5) is 10.2 Å². The summed E-state index contributed by atoms with van der Waals surface area (Å²) in [6, 6.07) is 27.9. The third-order valence-electron chi connectivity index (χ3n) is 13.5. The van der Waals surface area contributed by atoms with Crippen LogP contribution in [0.1, 0.15) is 64.7 Å². The van der Waals surface area contributed by atoms with E-state index in [0.717, 1.165) is 55.6 Å². The minimum atomic E-state index is -3.79. The summed E-state index contributed by atoms with van der Waals surface area (Å²) in [6.07, 6.45) is 10.7. The molecule has 1 atom stereocenters. The lowest BCUT2D eigenvalue weighted by molar-refractivity contribution is -0.127. The molecule has 2 fully saturated rings. The van der Waals surface area contributed by atoms with E-state index in [9.17, 15) is 22.4 Å². The normalized spacial score (nSPS) is 15.6. The first-order valence-electron chi connectivity index (χ1n) is 25.8. The van der Waals surface area contributed by atoms with Crippen molar-refractivity contribution in [3.05, 3.63) is 160 Å². The average molecular weight is 1150 g/mol. The van der Waals surface area contributed by atoms with Crippen molar-refractivity contribution in [1.29, 1.82) is 0 Å². The summed E-state index contributed by atoms with van der Waals surface area (Å²) >= 11 is 3.43. The monoisotopic (exact) mass is 1150 g/mol. The Morgan fingerprint density at radius 2 is 1.58 bits per heavy atom. The Hall–Kier alpha value is -7.05. The third kappa shape index (κ3) is 14.5. The van der Waals surface area contributed by atoms with Crippen molar-refractivity contribution in [2.45, 2.75) is 55.6 Å². The van der Waals surface area contributed by atoms with Crippen molar-refractivity contribution < 1.29 is 41.3 Å². The van der Waals surface area contributed by atoms with E-state index in [0.29, 0.717) is 102 Å². The molecule has 2 saturated heterocycles. The summed E-state index contributed by atoms with van der Waals surface area (Å²) in [4.78, 5) is 47.5. The lowest BCUT2D eigenvalue weighted by Crippen LogP contribution is -2.40. The summed E-state index contributed by atoms with van der Waals surface area (Å²) in [6.45, 7) is 5.30. The van der Waals surface area contributed by atoms with Gasteiger partial charge >= 0.3 is 0 Å². The van der Waals surface area contributed by atoms with Gasteiger partial charge in [0.1, 0.15) is 41.0 Å². The molecule has 5 N–H and O–H groups in total. The van der Waals surface area contributed by atoms with Crippen molar-refractivity contribution in [3.8, 4) is 22.8 Å². The number of nitrogens with two attached hydrogens (primary N) is 2. The lowest BCUT2D eigenvalue weighted by atomic mass is 10.0. The van der Waals surface area contributed by atoms with E-state index in [1.54, 1.807) is 30.5 Å². The van der Waals surface area contributed by atoms with Crippen LogP contribution in [0.15, 0.2) is 131 Å². The number of rotatable bonds is 24. The highest BCUT2D eigenvalue weighted by molar-refractivity contribution is 9.10. The number of fused-ring (bicyclic) bond motifs is 1. The number of benzene rings is 4. The number of piperidine rings is 2. The van der Waals surface area contributed by atoms with E-state index in [1.807, 2.05) is 70.3 Å². The molecule has 3 aromatic heterocycles. The van der Waals surface area contributed by atoms with Crippen LogP contribution in [0.2, 0.25) is 0 Å². The molecule has 4 aromatic carbocycles. The summed E-state index contributed by atoms with van der Waals surface area (Å²) in [5.41, 5.74) is 15.6. The predicted octanol–water partition coefficient (Wildman–Crippen LogP) is 7.05. The van der Waals surface area contributed by atoms with E-state index in [-0.39, 0.29) is 48.1 Å². The van der Waals surface area contributed by atoms with Gasteiger partial charge in [-0.05, 0) is 107 Å².